The summed E-state index contributed by atoms with van der Waals surface area (Å²) in [5.74, 6) is -0.555. The fraction of sp³-hybridized carbons (Fsp3) is 0.115. The number of nitrogens with zero attached hydrogens (tertiary/aromatic N) is 2. The topological polar surface area (TPSA) is 88.0 Å². The van der Waals surface area contributed by atoms with Gasteiger partial charge in [0.15, 0.2) is 16.9 Å². The standard InChI is InChI=1S/C26H21N3O4/c1-16-13-19(17(2)27-21-8-4-3-7-18(21)26(31)32)25-20(14-16)23(30)15-24(33-25)22-9-12-28-10-5-6-11-29(22)28/h3-15,17,27H,1-2H3/p+1. The number of anilines is 1. The molecule has 0 amide bonds. The second kappa shape index (κ2) is 7.94. The van der Waals surface area contributed by atoms with Crippen molar-refractivity contribution in [3.05, 3.63) is 106 Å². The molecule has 7 heteroatoms. The Labute approximate surface area is 189 Å². The van der Waals surface area contributed by atoms with Crippen molar-refractivity contribution in [2.24, 2.45) is 0 Å². The third-order valence-electron chi connectivity index (χ3n) is 5.71. The van der Waals surface area contributed by atoms with Crippen LogP contribution in [0.1, 0.15) is 34.5 Å². The highest BCUT2D eigenvalue weighted by atomic mass is 16.4. The summed E-state index contributed by atoms with van der Waals surface area (Å²) in [4.78, 5) is 24.7. The summed E-state index contributed by atoms with van der Waals surface area (Å²) in [7, 11) is 0. The number of rotatable bonds is 5. The Balaban J connectivity index is 1.66. The normalized spacial score (nSPS) is 12.2. The van der Waals surface area contributed by atoms with Gasteiger partial charge in [-0.1, -0.05) is 22.7 Å². The van der Waals surface area contributed by atoms with Crippen LogP contribution < -0.4 is 15.3 Å². The molecule has 2 aromatic carbocycles. The van der Waals surface area contributed by atoms with Crippen LogP contribution in [0.2, 0.25) is 0 Å². The predicted molar refractivity (Wildman–Crippen MR) is 125 cm³/mol. The quantitative estimate of drug-likeness (QED) is 0.394. The fourth-order valence-corrected chi connectivity index (χ4v) is 4.15. The average Bonchev–Trinajstić information content (AvgIpc) is 3.23. The van der Waals surface area contributed by atoms with E-state index in [4.69, 9.17) is 4.42 Å². The maximum absolute atomic E-state index is 13.1. The molecule has 0 radical (unpaired) electrons. The van der Waals surface area contributed by atoms with Gasteiger partial charge in [0.25, 0.3) is 0 Å². The molecule has 0 aliphatic carbocycles. The molecular formula is C26H22N3O4+. The molecular weight excluding hydrogens is 418 g/mol. The zero-order valence-corrected chi connectivity index (χ0v) is 18.1. The number of hydrogen-bond acceptors (Lipinski definition) is 4. The Morgan fingerprint density at radius 1 is 1.09 bits per heavy atom. The molecule has 5 aromatic rings. The van der Waals surface area contributed by atoms with Gasteiger partial charge < -0.3 is 14.8 Å². The monoisotopic (exact) mass is 440 g/mol. The van der Waals surface area contributed by atoms with Crippen LogP contribution in [0.4, 0.5) is 5.69 Å². The molecule has 33 heavy (non-hydrogen) atoms. The van der Waals surface area contributed by atoms with Gasteiger partial charge in [-0.3, -0.25) is 4.79 Å². The highest BCUT2D eigenvalue weighted by molar-refractivity contribution is 5.94. The molecule has 0 spiro atoms. The summed E-state index contributed by atoms with van der Waals surface area (Å²) in [6, 6.07) is 17.4. The van der Waals surface area contributed by atoms with Gasteiger partial charge in [0.2, 0.25) is 12.4 Å². The zero-order valence-electron chi connectivity index (χ0n) is 18.1. The van der Waals surface area contributed by atoms with E-state index in [1.165, 1.54) is 6.07 Å². The molecule has 1 unspecified atom stereocenters. The van der Waals surface area contributed by atoms with Crippen molar-refractivity contribution >= 4 is 22.6 Å². The number of aromatic nitrogens is 2. The van der Waals surface area contributed by atoms with Crippen molar-refractivity contribution in [3.63, 3.8) is 0 Å². The molecule has 1 atom stereocenters. The van der Waals surface area contributed by atoms with Crippen LogP contribution in [0.15, 0.2) is 88.5 Å². The lowest BCUT2D eigenvalue weighted by Crippen LogP contribution is -2.26. The number of nitrogens with one attached hydrogen (secondary N) is 1. The maximum Gasteiger partial charge on any atom is 0.337 e. The SMILES string of the molecule is Cc1cc(C(C)Nc2ccccc2C(=O)O)c2oc(-c3cc[n+]4ccccn34)cc(=O)c2c1. The number of fused-ring (bicyclic) bond motifs is 2. The lowest BCUT2D eigenvalue weighted by Gasteiger charge is -2.19. The van der Waals surface area contributed by atoms with Gasteiger partial charge in [0, 0.05) is 29.4 Å². The van der Waals surface area contributed by atoms with E-state index in [0.29, 0.717) is 22.4 Å². The van der Waals surface area contributed by atoms with Crippen molar-refractivity contribution in [1.82, 2.24) is 4.52 Å². The summed E-state index contributed by atoms with van der Waals surface area (Å²) in [6.07, 6.45) is 5.69. The Morgan fingerprint density at radius 2 is 1.91 bits per heavy atom. The van der Waals surface area contributed by atoms with Crippen molar-refractivity contribution < 1.29 is 18.8 Å². The van der Waals surface area contributed by atoms with E-state index in [-0.39, 0.29) is 17.0 Å². The van der Waals surface area contributed by atoms with E-state index in [2.05, 4.69) is 5.32 Å². The molecule has 2 N–H and O–H groups in total. The highest BCUT2D eigenvalue weighted by Gasteiger charge is 2.20. The maximum atomic E-state index is 13.1. The second-order valence-electron chi connectivity index (χ2n) is 8.03. The van der Waals surface area contributed by atoms with Gasteiger partial charge >= 0.3 is 5.97 Å². The number of carboxylic acids is 1. The summed E-state index contributed by atoms with van der Waals surface area (Å²) in [5.41, 5.74) is 3.47. The molecule has 0 saturated carbocycles. The van der Waals surface area contributed by atoms with Crippen LogP contribution in [0.25, 0.3) is 22.4 Å². The molecule has 0 bridgehead atoms. The van der Waals surface area contributed by atoms with Crippen LogP contribution in [0.5, 0.6) is 0 Å². The van der Waals surface area contributed by atoms with Crippen LogP contribution in [0, 0.1) is 6.92 Å². The van der Waals surface area contributed by atoms with Crippen LogP contribution in [0.3, 0.4) is 0 Å². The Bertz CT molecular complexity index is 1580. The summed E-state index contributed by atoms with van der Waals surface area (Å²) in [5, 5.41) is 13.3. The Kier molecular flexibility index (Phi) is 4.94. The first-order valence-corrected chi connectivity index (χ1v) is 10.6. The molecule has 3 aromatic heterocycles. The molecule has 3 heterocycles. The minimum absolute atomic E-state index is 0.134. The predicted octanol–water partition coefficient (Wildman–Crippen LogP) is 4.48. The molecule has 0 aliphatic rings. The van der Waals surface area contributed by atoms with E-state index >= 15 is 0 Å². The number of carbonyl (C=O) groups is 1. The number of para-hydroxylation sites is 1. The number of hydrogen-bond donors (Lipinski definition) is 2. The van der Waals surface area contributed by atoms with E-state index in [0.717, 1.165) is 16.8 Å². The van der Waals surface area contributed by atoms with Crippen molar-refractivity contribution in [2.45, 2.75) is 19.9 Å². The van der Waals surface area contributed by atoms with Crippen molar-refractivity contribution in [2.75, 3.05) is 5.32 Å². The third-order valence-corrected chi connectivity index (χ3v) is 5.71. The van der Waals surface area contributed by atoms with Gasteiger partial charge in [-0.15, -0.1) is 4.52 Å². The lowest BCUT2D eigenvalue weighted by atomic mass is 10.0. The van der Waals surface area contributed by atoms with E-state index in [1.807, 2.05) is 71.8 Å². The average molecular weight is 440 g/mol. The van der Waals surface area contributed by atoms with Gasteiger partial charge in [-0.25, -0.2) is 4.79 Å². The largest absolute Gasteiger partial charge is 0.478 e. The van der Waals surface area contributed by atoms with Crippen LogP contribution in [-0.4, -0.2) is 15.6 Å². The number of aryl methyl sites for hydroxylation is 1. The first-order valence-electron chi connectivity index (χ1n) is 10.6. The molecule has 0 aliphatic heterocycles. The first kappa shape index (κ1) is 20.5. The second-order valence-corrected chi connectivity index (χ2v) is 8.03. The molecule has 0 fully saturated rings. The summed E-state index contributed by atoms with van der Waals surface area (Å²) in [6.45, 7) is 3.84. The molecule has 5 rings (SSSR count). The van der Waals surface area contributed by atoms with E-state index in [1.54, 1.807) is 24.3 Å². The van der Waals surface area contributed by atoms with E-state index in [9.17, 15) is 14.7 Å². The van der Waals surface area contributed by atoms with E-state index < -0.39 is 5.97 Å². The third kappa shape index (κ3) is 3.63. The minimum atomic E-state index is -1.01. The molecule has 164 valence electrons. The highest BCUT2D eigenvalue weighted by Crippen LogP contribution is 2.31. The summed E-state index contributed by atoms with van der Waals surface area (Å²) >= 11 is 0. The number of carboxylic acid groups (broad SMARTS) is 1. The minimum Gasteiger partial charge on any atom is -0.478 e. The molecule has 7 nitrogen and oxygen atoms in total. The first-order chi connectivity index (χ1) is 15.9. The molecule has 0 saturated heterocycles. The Morgan fingerprint density at radius 3 is 2.73 bits per heavy atom. The van der Waals surface area contributed by atoms with Crippen LogP contribution >= 0.6 is 0 Å². The number of benzene rings is 2. The Hall–Kier alpha value is -4.39. The van der Waals surface area contributed by atoms with Gasteiger partial charge in [0.05, 0.1) is 23.2 Å². The summed E-state index contributed by atoms with van der Waals surface area (Å²) < 4.78 is 10.1. The van der Waals surface area contributed by atoms with Gasteiger partial charge in [-0.05, 0) is 43.7 Å². The van der Waals surface area contributed by atoms with Gasteiger partial charge in [0.1, 0.15) is 5.58 Å². The fourth-order valence-electron chi connectivity index (χ4n) is 4.15. The van der Waals surface area contributed by atoms with Crippen LogP contribution in [-0.2, 0) is 0 Å². The van der Waals surface area contributed by atoms with Crippen molar-refractivity contribution in [1.29, 1.82) is 0 Å². The smallest absolute Gasteiger partial charge is 0.337 e. The lowest BCUT2D eigenvalue weighted by molar-refractivity contribution is -0.616. The number of aromatic carboxylic acids is 1. The zero-order chi connectivity index (χ0) is 23.1. The van der Waals surface area contributed by atoms with Crippen molar-refractivity contribution in [3.8, 4) is 11.5 Å². The van der Waals surface area contributed by atoms with Gasteiger partial charge in [-0.2, -0.15) is 0 Å².